The van der Waals surface area contributed by atoms with Gasteiger partial charge in [0, 0.05) is 12.1 Å². The Bertz CT molecular complexity index is 472. The minimum absolute atomic E-state index is 0. The summed E-state index contributed by atoms with van der Waals surface area (Å²) in [6.45, 7) is 0.349. The summed E-state index contributed by atoms with van der Waals surface area (Å²) >= 11 is 0. The lowest BCUT2D eigenvalue weighted by atomic mass is 9.78. The summed E-state index contributed by atoms with van der Waals surface area (Å²) in [4.78, 5) is 0. The summed E-state index contributed by atoms with van der Waals surface area (Å²) in [5.41, 5.74) is 6.45. The Hall–Kier alpha value is -0.620. The first-order chi connectivity index (χ1) is 7.99. The molecule has 1 aromatic carbocycles. The Morgan fingerprint density at radius 3 is 2.33 bits per heavy atom. The molecule has 0 atom stereocenters. The fourth-order valence-corrected chi connectivity index (χ4v) is 3.15. The fourth-order valence-electron chi connectivity index (χ4n) is 1.91. The number of hydrogen-bond donors (Lipinski definition) is 2. The van der Waals surface area contributed by atoms with Gasteiger partial charge < -0.3 is 5.73 Å². The number of hydrogen-bond acceptors (Lipinski definition) is 3. The summed E-state index contributed by atoms with van der Waals surface area (Å²) in [6.07, 6.45) is 2.90. The standard InChI is InChI=1S/C12H18N2O2S.ClH/c13-12(7-4-8-12)10-14-17(15,16)9-11-5-2-1-3-6-11;/h1-3,5-6,14H,4,7-10,13H2;1H. The van der Waals surface area contributed by atoms with Crippen molar-refractivity contribution in [3.8, 4) is 0 Å². The normalized spacial score (nSPS) is 17.6. The smallest absolute Gasteiger partial charge is 0.215 e. The molecule has 1 aliphatic rings. The van der Waals surface area contributed by atoms with Crippen LogP contribution in [0, 0.1) is 0 Å². The summed E-state index contributed by atoms with van der Waals surface area (Å²) in [5, 5.41) is 0. The van der Waals surface area contributed by atoms with Crippen molar-refractivity contribution in [3.63, 3.8) is 0 Å². The third-order valence-corrected chi connectivity index (χ3v) is 4.49. The van der Waals surface area contributed by atoms with Crippen molar-refractivity contribution in [3.05, 3.63) is 35.9 Å². The van der Waals surface area contributed by atoms with Crippen molar-refractivity contribution in [2.24, 2.45) is 5.73 Å². The number of rotatable bonds is 5. The zero-order valence-corrected chi connectivity index (χ0v) is 11.8. The Balaban J connectivity index is 0.00000162. The van der Waals surface area contributed by atoms with Crippen molar-refractivity contribution in [2.75, 3.05) is 6.54 Å². The molecule has 0 spiro atoms. The van der Waals surface area contributed by atoms with Crippen LogP contribution in [0.25, 0.3) is 0 Å². The SMILES string of the molecule is Cl.NC1(CNS(=O)(=O)Cc2ccccc2)CCC1. The molecule has 4 nitrogen and oxygen atoms in total. The molecular formula is C12H19ClN2O2S. The summed E-state index contributed by atoms with van der Waals surface area (Å²) in [5.74, 6) is 0.0178. The van der Waals surface area contributed by atoms with Gasteiger partial charge in [-0.05, 0) is 24.8 Å². The number of benzene rings is 1. The molecule has 3 N–H and O–H groups in total. The fraction of sp³-hybridized carbons (Fsp3) is 0.500. The Labute approximate surface area is 114 Å². The first-order valence-electron chi connectivity index (χ1n) is 5.79. The van der Waals surface area contributed by atoms with Gasteiger partial charge in [0.25, 0.3) is 0 Å². The Morgan fingerprint density at radius 1 is 1.22 bits per heavy atom. The van der Waals surface area contributed by atoms with Gasteiger partial charge in [-0.15, -0.1) is 12.4 Å². The van der Waals surface area contributed by atoms with E-state index in [9.17, 15) is 8.42 Å². The molecule has 2 rings (SSSR count). The van der Waals surface area contributed by atoms with Crippen LogP contribution in [-0.4, -0.2) is 20.5 Å². The van der Waals surface area contributed by atoms with Crippen LogP contribution in [0.1, 0.15) is 24.8 Å². The van der Waals surface area contributed by atoms with Gasteiger partial charge in [0.15, 0.2) is 0 Å². The zero-order valence-electron chi connectivity index (χ0n) is 10.1. The van der Waals surface area contributed by atoms with E-state index in [0.717, 1.165) is 24.8 Å². The van der Waals surface area contributed by atoms with Crippen LogP contribution in [-0.2, 0) is 15.8 Å². The van der Waals surface area contributed by atoms with Crippen LogP contribution >= 0.6 is 12.4 Å². The Kier molecular flexibility index (Phi) is 5.16. The molecular weight excluding hydrogens is 272 g/mol. The molecule has 0 amide bonds. The molecule has 0 heterocycles. The van der Waals surface area contributed by atoms with E-state index >= 15 is 0 Å². The van der Waals surface area contributed by atoms with E-state index in [1.165, 1.54) is 0 Å². The van der Waals surface area contributed by atoms with E-state index in [1.54, 1.807) is 12.1 Å². The second-order valence-corrected chi connectivity index (χ2v) is 6.59. The molecule has 1 aromatic rings. The molecule has 102 valence electrons. The maximum Gasteiger partial charge on any atom is 0.215 e. The van der Waals surface area contributed by atoms with Crippen LogP contribution in [0.5, 0.6) is 0 Å². The van der Waals surface area contributed by atoms with Gasteiger partial charge in [-0.2, -0.15) is 0 Å². The highest BCUT2D eigenvalue weighted by molar-refractivity contribution is 7.88. The molecule has 0 unspecified atom stereocenters. The highest BCUT2D eigenvalue weighted by Crippen LogP contribution is 2.28. The number of nitrogens with one attached hydrogen (secondary N) is 1. The second-order valence-electron chi connectivity index (χ2n) is 4.78. The zero-order chi connectivity index (χ0) is 12.4. The van der Waals surface area contributed by atoms with Gasteiger partial charge in [-0.25, -0.2) is 13.1 Å². The molecule has 0 radical (unpaired) electrons. The first kappa shape index (κ1) is 15.4. The van der Waals surface area contributed by atoms with Gasteiger partial charge in [0.05, 0.1) is 5.75 Å². The number of sulfonamides is 1. The van der Waals surface area contributed by atoms with Crippen LogP contribution < -0.4 is 10.5 Å². The van der Waals surface area contributed by atoms with E-state index in [2.05, 4.69) is 4.72 Å². The van der Waals surface area contributed by atoms with Crippen LogP contribution in [0.3, 0.4) is 0 Å². The predicted molar refractivity (Wildman–Crippen MR) is 75.1 cm³/mol. The maximum absolute atomic E-state index is 11.8. The van der Waals surface area contributed by atoms with Crippen molar-refractivity contribution in [2.45, 2.75) is 30.6 Å². The molecule has 0 aromatic heterocycles. The molecule has 1 saturated carbocycles. The largest absolute Gasteiger partial charge is 0.324 e. The topological polar surface area (TPSA) is 72.2 Å². The Morgan fingerprint density at radius 2 is 1.83 bits per heavy atom. The lowest BCUT2D eigenvalue weighted by Crippen LogP contribution is -2.54. The highest BCUT2D eigenvalue weighted by atomic mass is 35.5. The lowest BCUT2D eigenvalue weighted by molar-refractivity contribution is 0.251. The quantitative estimate of drug-likeness (QED) is 0.861. The first-order valence-corrected chi connectivity index (χ1v) is 7.45. The molecule has 0 aliphatic heterocycles. The molecule has 1 aliphatic carbocycles. The summed E-state index contributed by atoms with van der Waals surface area (Å²) in [6, 6.07) is 9.15. The minimum Gasteiger partial charge on any atom is -0.324 e. The second kappa shape index (κ2) is 6.02. The molecule has 0 saturated heterocycles. The predicted octanol–water partition coefficient (Wildman–Crippen LogP) is 1.41. The van der Waals surface area contributed by atoms with Crippen LogP contribution in [0.15, 0.2) is 30.3 Å². The van der Waals surface area contributed by atoms with Crippen molar-refractivity contribution in [1.82, 2.24) is 4.72 Å². The molecule has 1 fully saturated rings. The van der Waals surface area contributed by atoms with Crippen molar-refractivity contribution in [1.29, 1.82) is 0 Å². The van der Waals surface area contributed by atoms with Gasteiger partial charge in [0.1, 0.15) is 0 Å². The van der Waals surface area contributed by atoms with E-state index in [-0.39, 0.29) is 23.7 Å². The molecule has 18 heavy (non-hydrogen) atoms. The highest BCUT2D eigenvalue weighted by Gasteiger charge is 2.33. The summed E-state index contributed by atoms with van der Waals surface area (Å²) < 4.78 is 26.2. The van der Waals surface area contributed by atoms with Gasteiger partial charge in [-0.1, -0.05) is 30.3 Å². The van der Waals surface area contributed by atoms with Crippen molar-refractivity contribution < 1.29 is 8.42 Å². The van der Waals surface area contributed by atoms with Gasteiger partial charge in [-0.3, -0.25) is 0 Å². The van der Waals surface area contributed by atoms with E-state index in [1.807, 2.05) is 18.2 Å². The van der Waals surface area contributed by atoms with E-state index < -0.39 is 10.0 Å². The summed E-state index contributed by atoms with van der Waals surface area (Å²) in [7, 11) is -3.27. The lowest BCUT2D eigenvalue weighted by Gasteiger charge is -2.38. The third kappa shape index (κ3) is 4.24. The maximum atomic E-state index is 11.8. The molecule has 0 bridgehead atoms. The van der Waals surface area contributed by atoms with Gasteiger partial charge in [0.2, 0.25) is 10.0 Å². The average molecular weight is 291 g/mol. The number of halogens is 1. The van der Waals surface area contributed by atoms with Gasteiger partial charge >= 0.3 is 0 Å². The van der Waals surface area contributed by atoms with Crippen LogP contribution in [0.2, 0.25) is 0 Å². The van der Waals surface area contributed by atoms with Crippen LogP contribution in [0.4, 0.5) is 0 Å². The number of nitrogens with two attached hydrogens (primary N) is 1. The molecule has 6 heteroatoms. The van der Waals surface area contributed by atoms with E-state index in [0.29, 0.717) is 6.54 Å². The average Bonchev–Trinajstić information content (AvgIpc) is 2.25. The van der Waals surface area contributed by atoms with Crippen molar-refractivity contribution >= 4 is 22.4 Å². The van der Waals surface area contributed by atoms with E-state index in [4.69, 9.17) is 5.73 Å². The third-order valence-electron chi connectivity index (χ3n) is 3.19. The minimum atomic E-state index is -3.27. The monoisotopic (exact) mass is 290 g/mol.